The summed E-state index contributed by atoms with van der Waals surface area (Å²) in [5, 5.41) is 9.19. The van der Waals surface area contributed by atoms with E-state index in [1.807, 2.05) is 36.5 Å². The van der Waals surface area contributed by atoms with Crippen molar-refractivity contribution in [2.75, 3.05) is 7.11 Å². The number of hydrogen-bond donors (Lipinski definition) is 1. The number of benzene rings is 1. The largest absolute Gasteiger partial charge is 0.496 e. The van der Waals surface area contributed by atoms with Crippen molar-refractivity contribution in [3.63, 3.8) is 0 Å². The number of aliphatic hydroxyl groups is 1. The Bertz CT molecular complexity index is 786. The standard InChI is InChI=1S/C20H22N2O3/c1-24-20-7-3-2-6-17(20)13-22(12-16-5-4-10-21-11-16)14-18-8-9-19(15-23)25-18/h2-11,23H,12-15H2,1H3. The van der Waals surface area contributed by atoms with E-state index in [0.29, 0.717) is 18.8 Å². The molecule has 0 bridgehead atoms. The molecule has 0 aliphatic heterocycles. The summed E-state index contributed by atoms with van der Waals surface area (Å²) in [5.74, 6) is 2.27. The maximum atomic E-state index is 9.19. The number of rotatable bonds is 8. The summed E-state index contributed by atoms with van der Waals surface area (Å²) < 4.78 is 11.1. The first-order chi connectivity index (χ1) is 12.3. The van der Waals surface area contributed by atoms with Gasteiger partial charge in [-0.1, -0.05) is 24.3 Å². The predicted molar refractivity (Wildman–Crippen MR) is 94.8 cm³/mol. The second-order valence-corrected chi connectivity index (χ2v) is 5.84. The van der Waals surface area contributed by atoms with Gasteiger partial charge < -0.3 is 14.3 Å². The molecule has 0 amide bonds. The molecule has 3 aromatic rings. The summed E-state index contributed by atoms with van der Waals surface area (Å²) in [5.41, 5.74) is 2.24. The van der Waals surface area contributed by atoms with Crippen LogP contribution in [0.3, 0.4) is 0 Å². The summed E-state index contributed by atoms with van der Waals surface area (Å²) >= 11 is 0. The van der Waals surface area contributed by atoms with Crippen molar-refractivity contribution in [3.8, 4) is 5.75 Å². The van der Waals surface area contributed by atoms with Gasteiger partial charge in [0.05, 0.1) is 13.7 Å². The van der Waals surface area contributed by atoms with E-state index in [9.17, 15) is 5.11 Å². The van der Waals surface area contributed by atoms with E-state index in [1.165, 1.54) is 0 Å². The first-order valence-corrected chi connectivity index (χ1v) is 8.20. The monoisotopic (exact) mass is 338 g/mol. The molecule has 1 aromatic carbocycles. The maximum absolute atomic E-state index is 9.19. The Labute approximate surface area is 147 Å². The highest BCUT2D eigenvalue weighted by Gasteiger charge is 2.13. The summed E-state index contributed by atoms with van der Waals surface area (Å²) in [6, 6.07) is 15.7. The molecule has 5 heteroatoms. The van der Waals surface area contributed by atoms with E-state index >= 15 is 0 Å². The van der Waals surface area contributed by atoms with E-state index < -0.39 is 0 Å². The Kier molecular flexibility index (Phi) is 5.82. The Morgan fingerprint density at radius 1 is 1.00 bits per heavy atom. The third kappa shape index (κ3) is 4.68. The van der Waals surface area contributed by atoms with Gasteiger partial charge in [0.1, 0.15) is 23.9 Å². The lowest BCUT2D eigenvalue weighted by molar-refractivity contribution is 0.207. The smallest absolute Gasteiger partial charge is 0.129 e. The molecule has 130 valence electrons. The quantitative estimate of drug-likeness (QED) is 0.682. The van der Waals surface area contributed by atoms with Crippen molar-refractivity contribution < 1.29 is 14.3 Å². The van der Waals surface area contributed by atoms with Gasteiger partial charge in [-0.3, -0.25) is 9.88 Å². The van der Waals surface area contributed by atoms with Crippen LogP contribution in [0.2, 0.25) is 0 Å². The summed E-state index contributed by atoms with van der Waals surface area (Å²) in [4.78, 5) is 6.45. The van der Waals surface area contributed by atoms with Crippen LogP contribution < -0.4 is 4.74 Å². The molecule has 0 aliphatic carbocycles. The van der Waals surface area contributed by atoms with Crippen LogP contribution in [0, 0.1) is 0 Å². The van der Waals surface area contributed by atoms with E-state index in [-0.39, 0.29) is 6.61 Å². The molecule has 0 saturated heterocycles. The number of para-hydroxylation sites is 1. The Balaban J connectivity index is 1.80. The molecule has 0 atom stereocenters. The molecule has 0 aliphatic rings. The molecule has 0 saturated carbocycles. The fourth-order valence-corrected chi connectivity index (χ4v) is 2.80. The van der Waals surface area contributed by atoms with E-state index in [2.05, 4.69) is 22.0 Å². The third-order valence-corrected chi connectivity index (χ3v) is 3.97. The van der Waals surface area contributed by atoms with Gasteiger partial charge in [-0.05, 0) is 29.8 Å². The van der Waals surface area contributed by atoms with Crippen molar-refractivity contribution in [3.05, 3.63) is 83.6 Å². The minimum Gasteiger partial charge on any atom is -0.496 e. The van der Waals surface area contributed by atoms with Crippen LogP contribution in [0.4, 0.5) is 0 Å². The minimum absolute atomic E-state index is 0.0882. The second-order valence-electron chi connectivity index (χ2n) is 5.84. The average molecular weight is 338 g/mol. The predicted octanol–water partition coefficient (Wildman–Crippen LogP) is 3.38. The zero-order valence-corrected chi connectivity index (χ0v) is 14.3. The number of hydrogen-bond acceptors (Lipinski definition) is 5. The Morgan fingerprint density at radius 2 is 1.84 bits per heavy atom. The lowest BCUT2D eigenvalue weighted by Gasteiger charge is -2.22. The molecular formula is C20H22N2O3. The Morgan fingerprint density at radius 3 is 2.56 bits per heavy atom. The lowest BCUT2D eigenvalue weighted by atomic mass is 10.1. The van der Waals surface area contributed by atoms with Crippen LogP contribution in [0.15, 0.2) is 65.3 Å². The SMILES string of the molecule is COc1ccccc1CN(Cc1cccnc1)Cc1ccc(CO)o1. The molecule has 2 aromatic heterocycles. The lowest BCUT2D eigenvalue weighted by Crippen LogP contribution is -2.22. The van der Waals surface area contributed by atoms with Gasteiger partial charge in [-0.2, -0.15) is 0 Å². The van der Waals surface area contributed by atoms with Crippen molar-refractivity contribution >= 4 is 0 Å². The molecule has 0 spiro atoms. The highest BCUT2D eigenvalue weighted by molar-refractivity contribution is 5.33. The second kappa shape index (κ2) is 8.46. The van der Waals surface area contributed by atoms with Crippen LogP contribution in [0.1, 0.15) is 22.6 Å². The molecule has 1 N–H and O–H groups in total. The molecule has 2 heterocycles. The molecule has 25 heavy (non-hydrogen) atoms. The minimum atomic E-state index is -0.0882. The van der Waals surface area contributed by atoms with Crippen molar-refractivity contribution in [2.45, 2.75) is 26.2 Å². The highest BCUT2D eigenvalue weighted by atomic mass is 16.5. The zero-order chi connectivity index (χ0) is 17.5. The highest BCUT2D eigenvalue weighted by Crippen LogP contribution is 2.22. The van der Waals surface area contributed by atoms with Gasteiger partial charge in [0.2, 0.25) is 0 Å². The van der Waals surface area contributed by atoms with Crippen molar-refractivity contribution in [1.29, 1.82) is 0 Å². The van der Waals surface area contributed by atoms with E-state index in [1.54, 1.807) is 19.4 Å². The summed E-state index contributed by atoms with van der Waals surface area (Å²) in [7, 11) is 1.68. The van der Waals surface area contributed by atoms with Gasteiger partial charge in [0.15, 0.2) is 0 Å². The summed E-state index contributed by atoms with van der Waals surface area (Å²) in [6.45, 7) is 2.00. The molecule has 5 nitrogen and oxygen atoms in total. The molecule has 0 unspecified atom stereocenters. The van der Waals surface area contributed by atoms with Crippen LogP contribution >= 0.6 is 0 Å². The fourth-order valence-electron chi connectivity index (χ4n) is 2.80. The number of methoxy groups -OCH3 is 1. The van der Waals surface area contributed by atoms with Crippen molar-refractivity contribution in [1.82, 2.24) is 9.88 Å². The fraction of sp³-hybridized carbons (Fsp3) is 0.250. The summed E-state index contributed by atoms with van der Waals surface area (Å²) in [6.07, 6.45) is 3.64. The number of furan rings is 1. The van der Waals surface area contributed by atoms with E-state index in [0.717, 1.165) is 29.2 Å². The number of nitrogens with zero attached hydrogens (tertiary/aromatic N) is 2. The van der Waals surface area contributed by atoms with Gasteiger partial charge in [0.25, 0.3) is 0 Å². The first-order valence-electron chi connectivity index (χ1n) is 8.20. The third-order valence-electron chi connectivity index (χ3n) is 3.97. The number of pyridine rings is 1. The van der Waals surface area contributed by atoms with Crippen LogP contribution in [0.5, 0.6) is 5.75 Å². The van der Waals surface area contributed by atoms with Gasteiger partial charge >= 0.3 is 0 Å². The number of aliphatic hydroxyl groups excluding tert-OH is 1. The van der Waals surface area contributed by atoms with Gasteiger partial charge in [-0.25, -0.2) is 0 Å². The van der Waals surface area contributed by atoms with Crippen molar-refractivity contribution in [2.24, 2.45) is 0 Å². The maximum Gasteiger partial charge on any atom is 0.129 e. The normalized spacial score (nSPS) is 11.0. The topological polar surface area (TPSA) is 58.7 Å². The average Bonchev–Trinajstić information content (AvgIpc) is 3.10. The Hall–Kier alpha value is -2.63. The number of ether oxygens (including phenoxy) is 1. The molecule has 0 fully saturated rings. The van der Waals surface area contributed by atoms with Crippen LogP contribution in [-0.4, -0.2) is 22.1 Å². The van der Waals surface area contributed by atoms with E-state index in [4.69, 9.17) is 9.15 Å². The molecule has 0 radical (unpaired) electrons. The van der Waals surface area contributed by atoms with Crippen LogP contribution in [-0.2, 0) is 26.2 Å². The van der Waals surface area contributed by atoms with Gasteiger partial charge in [-0.15, -0.1) is 0 Å². The zero-order valence-electron chi connectivity index (χ0n) is 14.3. The molecular weight excluding hydrogens is 316 g/mol. The van der Waals surface area contributed by atoms with Gasteiger partial charge in [0, 0.05) is 31.0 Å². The molecule has 3 rings (SSSR count). The first kappa shape index (κ1) is 17.2. The number of aromatic nitrogens is 1. The van der Waals surface area contributed by atoms with Crippen LogP contribution in [0.25, 0.3) is 0 Å².